The third kappa shape index (κ3) is 2.83. The molecule has 86 valence electrons. The molecule has 0 spiro atoms. The smallest absolute Gasteiger partial charge is 0.221 e. The molecule has 3 heteroatoms. The van der Waals surface area contributed by atoms with Gasteiger partial charge >= 0.3 is 0 Å². The van der Waals surface area contributed by atoms with Crippen molar-refractivity contribution < 1.29 is 4.79 Å². The molecule has 16 heavy (non-hydrogen) atoms. The Morgan fingerprint density at radius 3 is 2.62 bits per heavy atom. The highest BCUT2D eigenvalue weighted by Gasteiger charge is 2.13. The fourth-order valence-corrected chi connectivity index (χ4v) is 2.14. The maximum absolute atomic E-state index is 10.9. The second-order valence-corrected chi connectivity index (χ2v) is 4.31. The summed E-state index contributed by atoms with van der Waals surface area (Å²) < 4.78 is 0. The van der Waals surface area contributed by atoms with E-state index < -0.39 is 0 Å². The van der Waals surface area contributed by atoms with Gasteiger partial charge in [-0.2, -0.15) is 0 Å². The van der Waals surface area contributed by atoms with Gasteiger partial charge in [0.05, 0.1) is 0 Å². The number of hydrogen-bond acceptors (Lipinski definition) is 2. The van der Waals surface area contributed by atoms with Crippen molar-refractivity contribution in [3.8, 4) is 0 Å². The molecule has 0 saturated carbocycles. The van der Waals surface area contributed by atoms with Crippen LogP contribution in [0.1, 0.15) is 37.8 Å². The fraction of sp³-hybridized carbons (Fsp3) is 0.462. The molecule has 0 aromatic heterocycles. The third-order valence-corrected chi connectivity index (χ3v) is 2.94. The fourth-order valence-electron chi connectivity index (χ4n) is 2.14. The molecule has 1 amide bonds. The van der Waals surface area contributed by atoms with Crippen LogP contribution >= 0.6 is 0 Å². The Labute approximate surface area is 96.2 Å². The summed E-state index contributed by atoms with van der Waals surface area (Å²) in [5, 5.41) is 6.28. The second kappa shape index (κ2) is 5.12. The summed E-state index contributed by atoms with van der Waals surface area (Å²) in [5.74, 6) is -0.0245. The molecule has 0 radical (unpaired) electrons. The van der Waals surface area contributed by atoms with Gasteiger partial charge in [-0.1, -0.05) is 18.6 Å². The Hall–Kier alpha value is -1.35. The lowest BCUT2D eigenvalue weighted by Crippen LogP contribution is -2.26. The Bertz CT molecular complexity index is 353. The zero-order chi connectivity index (χ0) is 11.4. The quantitative estimate of drug-likeness (QED) is 0.800. The highest BCUT2D eigenvalue weighted by atomic mass is 16.1. The van der Waals surface area contributed by atoms with Gasteiger partial charge in [0.2, 0.25) is 5.91 Å². The van der Waals surface area contributed by atoms with Gasteiger partial charge in [0.1, 0.15) is 0 Å². The molecule has 1 saturated heterocycles. The lowest BCUT2D eigenvalue weighted by atomic mass is 9.97. The van der Waals surface area contributed by atoms with Crippen LogP contribution in [0.15, 0.2) is 24.3 Å². The number of anilines is 1. The summed E-state index contributed by atoms with van der Waals surface area (Å²) >= 11 is 0. The number of rotatable bonds is 2. The van der Waals surface area contributed by atoms with Crippen molar-refractivity contribution in [1.29, 1.82) is 0 Å². The van der Waals surface area contributed by atoms with E-state index in [1.165, 1.54) is 31.7 Å². The molecule has 2 rings (SSSR count). The number of amides is 1. The number of benzene rings is 1. The van der Waals surface area contributed by atoms with E-state index in [0.717, 1.165) is 12.2 Å². The van der Waals surface area contributed by atoms with Gasteiger partial charge in [0.25, 0.3) is 0 Å². The first-order valence-corrected chi connectivity index (χ1v) is 5.86. The van der Waals surface area contributed by atoms with Crippen molar-refractivity contribution >= 4 is 11.6 Å². The Morgan fingerprint density at radius 2 is 2.06 bits per heavy atom. The van der Waals surface area contributed by atoms with Gasteiger partial charge in [-0.05, 0) is 37.1 Å². The standard InChI is InChI=1S/C13H18N2O/c1-10(16)15-12-7-5-11(6-8-12)13-4-2-3-9-14-13/h5-8,13-14H,2-4,9H2,1H3,(H,15,16)/t13-/m1/s1. The van der Waals surface area contributed by atoms with Crippen LogP contribution in [-0.2, 0) is 4.79 Å². The molecule has 1 aromatic carbocycles. The van der Waals surface area contributed by atoms with Gasteiger partial charge in [-0.15, -0.1) is 0 Å². The van der Waals surface area contributed by atoms with Crippen molar-refractivity contribution in [3.05, 3.63) is 29.8 Å². The summed E-state index contributed by atoms with van der Waals surface area (Å²) in [7, 11) is 0. The first-order chi connectivity index (χ1) is 7.75. The van der Waals surface area contributed by atoms with Gasteiger partial charge in [0, 0.05) is 18.7 Å². The zero-order valence-corrected chi connectivity index (χ0v) is 9.62. The second-order valence-electron chi connectivity index (χ2n) is 4.31. The van der Waals surface area contributed by atoms with E-state index in [0.29, 0.717) is 6.04 Å². The molecule has 1 aliphatic heterocycles. The minimum Gasteiger partial charge on any atom is -0.326 e. The summed E-state index contributed by atoms with van der Waals surface area (Å²) in [5.41, 5.74) is 2.18. The van der Waals surface area contributed by atoms with Gasteiger partial charge in [-0.25, -0.2) is 0 Å². The van der Waals surface area contributed by atoms with Crippen molar-refractivity contribution in [2.45, 2.75) is 32.2 Å². The van der Waals surface area contributed by atoms with Gasteiger partial charge in [-0.3, -0.25) is 4.79 Å². The van der Waals surface area contributed by atoms with Crippen LogP contribution in [0.25, 0.3) is 0 Å². The van der Waals surface area contributed by atoms with Crippen LogP contribution < -0.4 is 10.6 Å². The molecule has 1 heterocycles. The number of carbonyl (C=O) groups is 1. The van der Waals surface area contributed by atoms with E-state index in [9.17, 15) is 4.79 Å². The number of nitrogens with one attached hydrogen (secondary N) is 2. The number of piperidine rings is 1. The average Bonchev–Trinajstić information content (AvgIpc) is 2.30. The first kappa shape index (κ1) is 11.1. The van der Waals surface area contributed by atoms with E-state index in [1.54, 1.807) is 0 Å². The molecule has 0 aliphatic carbocycles. The van der Waals surface area contributed by atoms with Crippen LogP contribution in [0.4, 0.5) is 5.69 Å². The molecule has 1 aromatic rings. The van der Waals surface area contributed by atoms with Crippen molar-refractivity contribution in [3.63, 3.8) is 0 Å². The zero-order valence-electron chi connectivity index (χ0n) is 9.62. The van der Waals surface area contributed by atoms with Crippen LogP contribution in [0.5, 0.6) is 0 Å². The molecular weight excluding hydrogens is 200 g/mol. The third-order valence-electron chi connectivity index (χ3n) is 2.94. The van der Waals surface area contributed by atoms with Gasteiger partial charge < -0.3 is 10.6 Å². The van der Waals surface area contributed by atoms with E-state index in [-0.39, 0.29) is 5.91 Å². The molecule has 2 N–H and O–H groups in total. The van der Waals surface area contributed by atoms with Crippen molar-refractivity contribution in [2.24, 2.45) is 0 Å². The molecule has 3 nitrogen and oxygen atoms in total. The lowest BCUT2D eigenvalue weighted by Gasteiger charge is -2.23. The molecule has 0 unspecified atom stereocenters. The predicted octanol–water partition coefficient (Wildman–Crippen LogP) is 2.46. The topological polar surface area (TPSA) is 41.1 Å². The first-order valence-electron chi connectivity index (χ1n) is 5.86. The van der Waals surface area contributed by atoms with Crippen LogP contribution in [0, 0.1) is 0 Å². The highest BCUT2D eigenvalue weighted by Crippen LogP contribution is 2.23. The maximum atomic E-state index is 10.9. The van der Waals surface area contributed by atoms with E-state index in [4.69, 9.17) is 0 Å². The molecular formula is C13H18N2O. The molecule has 0 bridgehead atoms. The Balaban J connectivity index is 2.03. The minimum atomic E-state index is -0.0245. The molecule has 1 aliphatic rings. The van der Waals surface area contributed by atoms with Crippen molar-refractivity contribution in [1.82, 2.24) is 5.32 Å². The van der Waals surface area contributed by atoms with Crippen molar-refractivity contribution in [2.75, 3.05) is 11.9 Å². The minimum absolute atomic E-state index is 0.0245. The summed E-state index contributed by atoms with van der Waals surface area (Å²) in [4.78, 5) is 10.9. The van der Waals surface area contributed by atoms with Crippen LogP contribution in [0.3, 0.4) is 0 Å². The molecule has 1 atom stereocenters. The largest absolute Gasteiger partial charge is 0.326 e. The Morgan fingerprint density at radius 1 is 1.31 bits per heavy atom. The summed E-state index contributed by atoms with van der Waals surface area (Å²) in [6, 6.07) is 8.60. The van der Waals surface area contributed by atoms with Crippen LogP contribution in [0.2, 0.25) is 0 Å². The predicted molar refractivity (Wildman–Crippen MR) is 65.3 cm³/mol. The monoisotopic (exact) mass is 218 g/mol. The summed E-state index contributed by atoms with van der Waals surface area (Å²) in [6.07, 6.45) is 3.78. The van der Waals surface area contributed by atoms with E-state index in [1.807, 2.05) is 12.1 Å². The summed E-state index contributed by atoms with van der Waals surface area (Å²) in [6.45, 7) is 2.63. The molecule has 1 fully saturated rings. The number of hydrogen-bond donors (Lipinski definition) is 2. The van der Waals surface area contributed by atoms with E-state index in [2.05, 4.69) is 22.8 Å². The lowest BCUT2D eigenvalue weighted by molar-refractivity contribution is -0.114. The highest BCUT2D eigenvalue weighted by molar-refractivity contribution is 5.88. The SMILES string of the molecule is CC(=O)Nc1ccc([C@H]2CCCCN2)cc1. The maximum Gasteiger partial charge on any atom is 0.221 e. The van der Waals surface area contributed by atoms with E-state index >= 15 is 0 Å². The average molecular weight is 218 g/mol. The van der Waals surface area contributed by atoms with Crippen LogP contribution in [-0.4, -0.2) is 12.5 Å². The Kier molecular flexibility index (Phi) is 3.57. The number of carbonyl (C=O) groups excluding carboxylic acids is 1. The van der Waals surface area contributed by atoms with Gasteiger partial charge in [0.15, 0.2) is 0 Å². The normalized spacial score (nSPS) is 20.4.